The first-order valence-electron chi connectivity index (χ1n) is 4.14. The average Bonchev–Trinajstić information content (AvgIpc) is 2.14. The number of hydrogen-bond donors (Lipinski definition) is 1. The zero-order valence-corrected chi connectivity index (χ0v) is 7.93. The van der Waals surface area contributed by atoms with Gasteiger partial charge in [0.1, 0.15) is 6.61 Å². The van der Waals surface area contributed by atoms with Gasteiger partial charge in [-0.25, -0.2) is 0 Å². The van der Waals surface area contributed by atoms with Gasteiger partial charge in [-0.2, -0.15) is 9.97 Å². The number of aromatic nitrogens is 3. The molecular formula is C8H12N4O2. The Hall–Kier alpha value is -1.85. The molecule has 0 aliphatic rings. The van der Waals surface area contributed by atoms with Crippen LogP contribution >= 0.6 is 0 Å². The van der Waals surface area contributed by atoms with Crippen LogP contribution in [-0.2, 0) is 0 Å². The molecule has 0 fully saturated rings. The first kappa shape index (κ1) is 10.2. The van der Waals surface area contributed by atoms with Crippen LogP contribution in [0.2, 0.25) is 0 Å². The van der Waals surface area contributed by atoms with Crippen molar-refractivity contribution >= 4 is 5.95 Å². The topological polar surface area (TPSA) is 83.2 Å². The summed E-state index contributed by atoms with van der Waals surface area (Å²) in [6, 6.07) is 0.305. The SMILES string of the molecule is C=CCOc1nc(N)nc(OCC)n1. The summed E-state index contributed by atoms with van der Waals surface area (Å²) < 4.78 is 10.1. The van der Waals surface area contributed by atoms with Crippen LogP contribution in [0, 0.1) is 0 Å². The van der Waals surface area contributed by atoms with Gasteiger partial charge in [-0.1, -0.05) is 12.7 Å². The minimum absolute atomic E-state index is 0.0718. The number of nitrogens with two attached hydrogens (primary N) is 1. The molecule has 76 valence electrons. The van der Waals surface area contributed by atoms with Gasteiger partial charge < -0.3 is 15.2 Å². The van der Waals surface area contributed by atoms with Crippen LogP contribution in [-0.4, -0.2) is 28.2 Å². The molecule has 0 amide bonds. The van der Waals surface area contributed by atoms with Crippen LogP contribution in [0.25, 0.3) is 0 Å². The molecule has 0 saturated heterocycles. The van der Waals surface area contributed by atoms with Crippen molar-refractivity contribution in [3.63, 3.8) is 0 Å². The molecule has 14 heavy (non-hydrogen) atoms. The number of nitrogen functional groups attached to an aromatic ring is 1. The summed E-state index contributed by atoms with van der Waals surface area (Å²) in [6.07, 6.45) is 1.58. The second-order valence-electron chi connectivity index (χ2n) is 2.29. The van der Waals surface area contributed by atoms with E-state index in [0.29, 0.717) is 13.2 Å². The van der Waals surface area contributed by atoms with Gasteiger partial charge in [0.05, 0.1) is 6.61 Å². The Morgan fingerprint density at radius 1 is 1.29 bits per heavy atom. The van der Waals surface area contributed by atoms with E-state index < -0.39 is 0 Å². The van der Waals surface area contributed by atoms with Crippen molar-refractivity contribution in [1.82, 2.24) is 15.0 Å². The van der Waals surface area contributed by atoms with E-state index in [0.717, 1.165) is 0 Å². The van der Waals surface area contributed by atoms with Gasteiger partial charge in [0, 0.05) is 0 Å². The average molecular weight is 196 g/mol. The lowest BCUT2D eigenvalue weighted by Gasteiger charge is -2.04. The van der Waals surface area contributed by atoms with E-state index in [-0.39, 0.29) is 18.0 Å². The second-order valence-corrected chi connectivity index (χ2v) is 2.29. The van der Waals surface area contributed by atoms with Crippen molar-refractivity contribution < 1.29 is 9.47 Å². The normalized spacial score (nSPS) is 9.50. The molecule has 1 aromatic rings. The van der Waals surface area contributed by atoms with E-state index in [9.17, 15) is 0 Å². The molecular weight excluding hydrogens is 184 g/mol. The van der Waals surface area contributed by atoms with Crippen LogP contribution in [0.15, 0.2) is 12.7 Å². The molecule has 0 aliphatic carbocycles. The molecule has 0 saturated carbocycles. The molecule has 2 N–H and O–H groups in total. The lowest BCUT2D eigenvalue weighted by Crippen LogP contribution is -2.06. The van der Waals surface area contributed by atoms with Gasteiger partial charge >= 0.3 is 12.0 Å². The fourth-order valence-electron chi connectivity index (χ4n) is 0.744. The summed E-state index contributed by atoms with van der Waals surface area (Å²) in [6.45, 7) is 6.10. The van der Waals surface area contributed by atoms with Crippen LogP contribution in [0.5, 0.6) is 12.0 Å². The molecule has 6 heteroatoms. The van der Waals surface area contributed by atoms with E-state index in [4.69, 9.17) is 15.2 Å². The molecule has 0 unspecified atom stereocenters. The summed E-state index contributed by atoms with van der Waals surface area (Å²) in [4.78, 5) is 11.4. The molecule has 0 aliphatic heterocycles. The zero-order valence-electron chi connectivity index (χ0n) is 7.93. The Morgan fingerprint density at radius 2 is 1.93 bits per heavy atom. The Morgan fingerprint density at radius 3 is 2.50 bits per heavy atom. The quantitative estimate of drug-likeness (QED) is 0.687. The first-order valence-corrected chi connectivity index (χ1v) is 4.14. The molecule has 6 nitrogen and oxygen atoms in total. The van der Waals surface area contributed by atoms with Gasteiger partial charge in [0.15, 0.2) is 0 Å². The first-order chi connectivity index (χ1) is 6.76. The van der Waals surface area contributed by atoms with E-state index in [1.807, 2.05) is 6.92 Å². The maximum atomic E-state index is 5.41. The highest BCUT2D eigenvalue weighted by Gasteiger charge is 2.04. The molecule has 0 bridgehead atoms. The summed E-state index contributed by atoms with van der Waals surface area (Å²) in [5.74, 6) is 0.0718. The van der Waals surface area contributed by atoms with E-state index in [1.165, 1.54) is 0 Å². The van der Waals surface area contributed by atoms with Crippen LogP contribution in [0.3, 0.4) is 0 Å². The fraction of sp³-hybridized carbons (Fsp3) is 0.375. The third-order valence-electron chi connectivity index (χ3n) is 1.22. The van der Waals surface area contributed by atoms with Crippen molar-refractivity contribution in [1.29, 1.82) is 0 Å². The molecule has 1 rings (SSSR count). The molecule has 0 atom stereocenters. The van der Waals surface area contributed by atoms with Crippen molar-refractivity contribution in [3.8, 4) is 12.0 Å². The third-order valence-corrected chi connectivity index (χ3v) is 1.22. The predicted molar refractivity (Wildman–Crippen MR) is 51.1 cm³/mol. The van der Waals surface area contributed by atoms with Crippen molar-refractivity contribution in [2.75, 3.05) is 18.9 Å². The van der Waals surface area contributed by atoms with Crippen LogP contribution in [0.4, 0.5) is 5.95 Å². The Bertz CT molecular complexity index is 316. The number of hydrogen-bond acceptors (Lipinski definition) is 6. The van der Waals surface area contributed by atoms with Gasteiger partial charge in [0.2, 0.25) is 5.95 Å². The van der Waals surface area contributed by atoms with E-state index >= 15 is 0 Å². The number of rotatable bonds is 5. The highest BCUT2D eigenvalue weighted by atomic mass is 16.5. The van der Waals surface area contributed by atoms with E-state index in [2.05, 4.69) is 21.5 Å². The summed E-state index contributed by atoms with van der Waals surface area (Å²) in [7, 11) is 0. The molecule has 0 aromatic carbocycles. The number of ether oxygens (including phenoxy) is 2. The Labute approximate surface area is 81.8 Å². The highest BCUT2D eigenvalue weighted by molar-refractivity contribution is 5.20. The Balaban J connectivity index is 2.77. The lowest BCUT2D eigenvalue weighted by molar-refractivity contribution is 0.288. The van der Waals surface area contributed by atoms with Crippen LogP contribution < -0.4 is 15.2 Å². The summed E-state index contributed by atoms with van der Waals surface area (Å²) >= 11 is 0. The highest BCUT2D eigenvalue weighted by Crippen LogP contribution is 2.10. The number of nitrogens with zero attached hydrogens (tertiary/aromatic N) is 3. The summed E-state index contributed by atoms with van der Waals surface area (Å²) in [5, 5.41) is 0. The molecule has 1 heterocycles. The molecule has 0 spiro atoms. The zero-order chi connectivity index (χ0) is 10.4. The molecule has 0 radical (unpaired) electrons. The third kappa shape index (κ3) is 2.89. The Kier molecular flexibility index (Phi) is 3.66. The maximum Gasteiger partial charge on any atom is 0.324 e. The minimum atomic E-state index is 0.0718. The minimum Gasteiger partial charge on any atom is -0.464 e. The smallest absolute Gasteiger partial charge is 0.324 e. The maximum absolute atomic E-state index is 5.41. The second kappa shape index (κ2) is 5.00. The lowest BCUT2D eigenvalue weighted by atomic mass is 10.7. The van der Waals surface area contributed by atoms with Gasteiger partial charge in [-0.05, 0) is 6.92 Å². The summed E-state index contributed by atoms with van der Waals surface area (Å²) in [5.41, 5.74) is 5.41. The predicted octanol–water partition coefficient (Wildman–Crippen LogP) is 0.417. The van der Waals surface area contributed by atoms with Crippen molar-refractivity contribution in [2.24, 2.45) is 0 Å². The van der Waals surface area contributed by atoms with Crippen LogP contribution in [0.1, 0.15) is 6.92 Å². The van der Waals surface area contributed by atoms with Gasteiger partial charge in [0.25, 0.3) is 0 Å². The van der Waals surface area contributed by atoms with Crippen molar-refractivity contribution in [2.45, 2.75) is 6.92 Å². The van der Waals surface area contributed by atoms with Gasteiger partial charge in [-0.15, -0.1) is 4.98 Å². The van der Waals surface area contributed by atoms with Crippen molar-refractivity contribution in [3.05, 3.63) is 12.7 Å². The number of anilines is 1. The monoisotopic (exact) mass is 196 g/mol. The van der Waals surface area contributed by atoms with Gasteiger partial charge in [-0.3, -0.25) is 0 Å². The standard InChI is InChI=1S/C8H12N4O2/c1-3-5-14-8-11-6(9)10-7(12-8)13-4-2/h3H,1,4-5H2,2H3,(H2,9,10,11,12). The molecule has 1 aromatic heterocycles. The largest absolute Gasteiger partial charge is 0.464 e. The van der Waals surface area contributed by atoms with E-state index in [1.54, 1.807) is 6.08 Å². The fourth-order valence-corrected chi connectivity index (χ4v) is 0.744.